The molecule has 0 unspecified atom stereocenters. The van der Waals surface area contributed by atoms with Crippen molar-refractivity contribution in [1.29, 1.82) is 0 Å². The molecule has 6 nitrogen and oxygen atoms in total. The number of benzene rings is 2. The Balaban J connectivity index is 1.48. The SMILES string of the molecule is CN(C)CCOc1ccc(CNC(=O)c2cccc(OCc3cccnc3)c2)cc1. The molecular weight excluding hydrogens is 378 g/mol. The molecule has 0 radical (unpaired) electrons. The molecule has 1 N–H and O–H groups in total. The lowest BCUT2D eigenvalue weighted by molar-refractivity contribution is 0.0950. The van der Waals surface area contributed by atoms with Gasteiger partial charge in [-0.2, -0.15) is 0 Å². The minimum Gasteiger partial charge on any atom is -0.492 e. The maximum atomic E-state index is 12.5. The summed E-state index contributed by atoms with van der Waals surface area (Å²) >= 11 is 0. The van der Waals surface area contributed by atoms with Gasteiger partial charge in [0.25, 0.3) is 5.91 Å². The minimum atomic E-state index is -0.145. The van der Waals surface area contributed by atoms with Crippen LogP contribution in [0.15, 0.2) is 73.1 Å². The third-order valence-corrected chi connectivity index (χ3v) is 4.41. The van der Waals surface area contributed by atoms with Crippen molar-refractivity contribution in [2.24, 2.45) is 0 Å². The topological polar surface area (TPSA) is 63.7 Å². The van der Waals surface area contributed by atoms with E-state index in [1.165, 1.54) is 0 Å². The number of carbonyl (C=O) groups is 1. The summed E-state index contributed by atoms with van der Waals surface area (Å²) in [7, 11) is 4.02. The molecule has 0 saturated carbocycles. The molecule has 0 aliphatic rings. The molecule has 3 rings (SSSR count). The second-order valence-corrected chi connectivity index (χ2v) is 7.16. The summed E-state index contributed by atoms with van der Waals surface area (Å²) in [6.07, 6.45) is 3.48. The van der Waals surface area contributed by atoms with Crippen molar-refractivity contribution in [1.82, 2.24) is 15.2 Å². The van der Waals surface area contributed by atoms with Gasteiger partial charge in [-0.15, -0.1) is 0 Å². The van der Waals surface area contributed by atoms with Gasteiger partial charge in [0.1, 0.15) is 24.7 Å². The van der Waals surface area contributed by atoms with Crippen molar-refractivity contribution in [2.45, 2.75) is 13.2 Å². The van der Waals surface area contributed by atoms with Gasteiger partial charge in [-0.3, -0.25) is 9.78 Å². The molecule has 6 heteroatoms. The average Bonchev–Trinajstić information content (AvgIpc) is 2.77. The summed E-state index contributed by atoms with van der Waals surface area (Å²) in [5, 5.41) is 2.94. The quantitative estimate of drug-likeness (QED) is 0.559. The minimum absolute atomic E-state index is 0.145. The summed E-state index contributed by atoms with van der Waals surface area (Å²) in [5.74, 6) is 1.32. The molecule has 1 aromatic heterocycles. The molecule has 156 valence electrons. The summed E-state index contributed by atoms with van der Waals surface area (Å²) in [5.41, 5.74) is 2.54. The standard InChI is InChI=1S/C24H27N3O3/c1-27(2)13-14-29-22-10-8-19(9-11-22)17-26-24(28)21-6-3-7-23(15-21)30-18-20-5-4-12-25-16-20/h3-12,15-16H,13-14,17-18H2,1-2H3,(H,26,28). The van der Waals surface area contributed by atoms with Crippen LogP contribution in [-0.4, -0.2) is 43.0 Å². The highest BCUT2D eigenvalue weighted by Gasteiger charge is 2.07. The smallest absolute Gasteiger partial charge is 0.251 e. The summed E-state index contributed by atoms with van der Waals surface area (Å²) in [6.45, 7) is 2.35. The van der Waals surface area contributed by atoms with Crippen LogP contribution in [0, 0.1) is 0 Å². The van der Waals surface area contributed by atoms with Gasteiger partial charge in [0.05, 0.1) is 0 Å². The fraction of sp³-hybridized carbons (Fsp3) is 0.250. The van der Waals surface area contributed by atoms with Crippen LogP contribution in [0.1, 0.15) is 21.5 Å². The normalized spacial score (nSPS) is 10.6. The number of aromatic nitrogens is 1. The van der Waals surface area contributed by atoms with Gasteiger partial charge in [0.2, 0.25) is 0 Å². The number of pyridine rings is 1. The highest BCUT2D eigenvalue weighted by molar-refractivity contribution is 5.94. The molecule has 30 heavy (non-hydrogen) atoms. The maximum absolute atomic E-state index is 12.5. The fourth-order valence-corrected chi connectivity index (χ4v) is 2.71. The van der Waals surface area contributed by atoms with Gasteiger partial charge in [-0.05, 0) is 56.1 Å². The summed E-state index contributed by atoms with van der Waals surface area (Å²) < 4.78 is 11.5. The number of carbonyl (C=O) groups excluding carboxylic acids is 1. The van der Waals surface area contributed by atoms with Crippen LogP contribution in [-0.2, 0) is 13.2 Å². The van der Waals surface area contributed by atoms with E-state index in [-0.39, 0.29) is 5.91 Å². The Morgan fingerprint density at radius 2 is 1.80 bits per heavy atom. The summed E-state index contributed by atoms with van der Waals surface area (Å²) in [6, 6.07) is 18.7. The molecule has 3 aromatic rings. The largest absolute Gasteiger partial charge is 0.492 e. The Morgan fingerprint density at radius 3 is 2.53 bits per heavy atom. The highest BCUT2D eigenvalue weighted by atomic mass is 16.5. The van der Waals surface area contributed by atoms with Crippen LogP contribution in [0.5, 0.6) is 11.5 Å². The molecule has 0 bridgehead atoms. The van der Waals surface area contributed by atoms with Crippen molar-refractivity contribution in [3.63, 3.8) is 0 Å². The van der Waals surface area contributed by atoms with Crippen LogP contribution < -0.4 is 14.8 Å². The predicted octanol–water partition coefficient (Wildman–Crippen LogP) is 3.53. The first-order valence-corrected chi connectivity index (χ1v) is 9.86. The van der Waals surface area contributed by atoms with Crippen LogP contribution >= 0.6 is 0 Å². The van der Waals surface area contributed by atoms with E-state index in [1.54, 1.807) is 24.5 Å². The number of amides is 1. The zero-order valence-corrected chi connectivity index (χ0v) is 17.4. The van der Waals surface area contributed by atoms with E-state index >= 15 is 0 Å². The van der Waals surface area contributed by atoms with E-state index in [4.69, 9.17) is 9.47 Å². The first kappa shape index (κ1) is 21.3. The van der Waals surface area contributed by atoms with Crippen LogP contribution in [0.25, 0.3) is 0 Å². The molecule has 0 aliphatic heterocycles. The Kier molecular flexibility index (Phi) is 7.80. The van der Waals surface area contributed by atoms with E-state index in [0.29, 0.717) is 31.1 Å². The molecule has 0 aliphatic carbocycles. The average molecular weight is 405 g/mol. The van der Waals surface area contributed by atoms with Crippen molar-refractivity contribution in [3.8, 4) is 11.5 Å². The van der Waals surface area contributed by atoms with E-state index in [1.807, 2.05) is 62.6 Å². The molecule has 0 spiro atoms. The van der Waals surface area contributed by atoms with E-state index in [2.05, 4.69) is 15.2 Å². The molecule has 0 fully saturated rings. The number of nitrogens with one attached hydrogen (secondary N) is 1. The van der Waals surface area contributed by atoms with Gasteiger partial charge in [-0.1, -0.05) is 24.3 Å². The zero-order valence-electron chi connectivity index (χ0n) is 17.4. The first-order chi connectivity index (χ1) is 14.6. The van der Waals surface area contributed by atoms with Gasteiger partial charge < -0.3 is 19.7 Å². The van der Waals surface area contributed by atoms with Gasteiger partial charge in [-0.25, -0.2) is 0 Å². The molecule has 0 atom stereocenters. The Morgan fingerprint density at radius 1 is 0.967 bits per heavy atom. The molecule has 0 saturated heterocycles. The Hall–Kier alpha value is -3.38. The highest BCUT2D eigenvalue weighted by Crippen LogP contribution is 2.16. The molecule has 1 amide bonds. The van der Waals surface area contributed by atoms with Crippen LogP contribution in [0.4, 0.5) is 0 Å². The number of nitrogens with zero attached hydrogens (tertiary/aromatic N) is 2. The second-order valence-electron chi connectivity index (χ2n) is 7.16. The number of rotatable bonds is 10. The molecular formula is C24H27N3O3. The van der Waals surface area contributed by atoms with Crippen molar-refractivity contribution < 1.29 is 14.3 Å². The fourth-order valence-electron chi connectivity index (χ4n) is 2.71. The monoisotopic (exact) mass is 405 g/mol. The predicted molar refractivity (Wildman–Crippen MR) is 117 cm³/mol. The zero-order chi connectivity index (χ0) is 21.2. The van der Waals surface area contributed by atoms with E-state index in [0.717, 1.165) is 23.4 Å². The van der Waals surface area contributed by atoms with Crippen molar-refractivity contribution in [3.05, 3.63) is 89.7 Å². The van der Waals surface area contributed by atoms with Crippen molar-refractivity contribution in [2.75, 3.05) is 27.2 Å². The van der Waals surface area contributed by atoms with Crippen LogP contribution in [0.2, 0.25) is 0 Å². The number of hydrogen-bond donors (Lipinski definition) is 1. The van der Waals surface area contributed by atoms with Crippen LogP contribution in [0.3, 0.4) is 0 Å². The maximum Gasteiger partial charge on any atom is 0.251 e. The van der Waals surface area contributed by atoms with Gasteiger partial charge >= 0.3 is 0 Å². The second kappa shape index (κ2) is 11.0. The summed E-state index contributed by atoms with van der Waals surface area (Å²) in [4.78, 5) is 18.7. The Bertz CT molecular complexity index is 928. The lowest BCUT2D eigenvalue weighted by Gasteiger charge is -2.11. The lowest BCUT2D eigenvalue weighted by atomic mass is 10.2. The van der Waals surface area contributed by atoms with E-state index < -0.39 is 0 Å². The first-order valence-electron chi connectivity index (χ1n) is 9.86. The van der Waals surface area contributed by atoms with E-state index in [9.17, 15) is 4.79 Å². The molecule has 1 heterocycles. The Labute approximate surface area is 177 Å². The third-order valence-electron chi connectivity index (χ3n) is 4.41. The lowest BCUT2D eigenvalue weighted by Crippen LogP contribution is -2.22. The molecule has 2 aromatic carbocycles. The number of likely N-dealkylation sites (N-methyl/N-ethyl adjacent to an activating group) is 1. The number of hydrogen-bond acceptors (Lipinski definition) is 5. The van der Waals surface area contributed by atoms with Gasteiger partial charge in [0.15, 0.2) is 0 Å². The van der Waals surface area contributed by atoms with Crippen molar-refractivity contribution >= 4 is 5.91 Å². The van der Waals surface area contributed by atoms with Gasteiger partial charge in [0, 0.05) is 36.6 Å². The third kappa shape index (κ3) is 6.90. The number of ether oxygens (including phenoxy) is 2.